The molecule has 1 aliphatic heterocycles. The zero-order valence-electron chi connectivity index (χ0n) is 3.22. The molecule has 1 heterocycles. The molecule has 2 nitrogen and oxygen atoms in total. The molecule has 1 radical (unpaired) electrons. The molecule has 0 aromatic rings. The second-order valence-corrected chi connectivity index (χ2v) is 1.11. The predicted octanol–water partition coefficient (Wildman–Crippen LogP) is 0.0348. The third kappa shape index (κ3) is 0.407. The highest BCUT2D eigenvalue weighted by atomic mass is 16.1. The third-order valence-corrected chi connectivity index (χ3v) is 0.616. The van der Waals surface area contributed by atoms with E-state index < -0.39 is 0 Å². The highest BCUT2D eigenvalue weighted by Crippen LogP contribution is 1.90. The maximum atomic E-state index is 10.0. The van der Waals surface area contributed by atoms with Crippen LogP contribution in [-0.2, 0) is 4.79 Å². The number of rotatable bonds is 0. The van der Waals surface area contributed by atoms with Gasteiger partial charge >= 0.3 is 0 Å². The number of amides is 1. The van der Waals surface area contributed by atoms with Gasteiger partial charge in [0.25, 0.3) is 0 Å². The van der Waals surface area contributed by atoms with Gasteiger partial charge in [-0.2, -0.15) is 0 Å². The van der Waals surface area contributed by atoms with Gasteiger partial charge in [0, 0.05) is 12.6 Å². The Bertz CT molecular complexity index is 85.7. The summed E-state index contributed by atoms with van der Waals surface area (Å²) in [5.41, 5.74) is 0. The number of hydrogen-bond donors (Lipinski definition) is 0. The Morgan fingerprint density at radius 3 is 2.83 bits per heavy atom. The van der Waals surface area contributed by atoms with Gasteiger partial charge in [0.15, 0.2) is 0 Å². The summed E-state index contributed by atoms with van der Waals surface area (Å²) in [5.74, 6) is -0.0324. The highest BCUT2D eigenvalue weighted by Gasteiger charge is 2.00. The van der Waals surface area contributed by atoms with Crippen LogP contribution in [-0.4, -0.2) is 5.91 Å². The van der Waals surface area contributed by atoms with Crippen LogP contribution in [0.3, 0.4) is 0 Å². The third-order valence-electron chi connectivity index (χ3n) is 0.616. The number of nitrogens with zero attached hydrogens (tertiary/aromatic N) is 1. The average molecular weight is 82.1 g/mol. The summed E-state index contributed by atoms with van der Waals surface area (Å²) in [6.07, 6.45) is 3.77. The summed E-state index contributed by atoms with van der Waals surface area (Å²) < 4.78 is 0. The zero-order chi connectivity index (χ0) is 4.41. The van der Waals surface area contributed by atoms with E-state index in [0.717, 1.165) is 0 Å². The SMILES string of the molecule is O=C1CC=C[N]1. The second-order valence-electron chi connectivity index (χ2n) is 1.11. The van der Waals surface area contributed by atoms with Crippen LogP contribution in [0.4, 0.5) is 0 Å². The van der Waals surface area contributed by atoms with Crippen molar-refractivity contribution in [1.82, 2.24) is 5.32 Å². The Morgan fingerprint density at radius 1 is 1.83 bits per heavy atom. The van der Waals surface area contributed by atoms with Crippen molar-refractivity contribution >= 4 is 5.91 Å². The molecular formula is C4H4NO. The van der Waals surface area contributed by atoms with E-state index in [9.17, 15) is 4.79 Å². The van der Waals surface area contributed by atoms with Gasteiger partial charge in [0.2, 0.25) is 5.91 Å². The van der Waals surface area contributed by atoms with Crippen molar-refractivity contribution in [3.8, 4) is 0 Å². The van der Waals surface area contributed by atoms with Crippen molar-refractivity contribution < 1.29 is 4.79 Å². The molecule has 0 spiro atoms. The molecule has 31 valence electrons. The maximum Gasteiger partial charge on any atom is 0.249 e. The first-order valence-corrected chi connectivity index (χ1v) is 1.78. The van der Waals surface area contributed by atoms with Gasteiger partial charge in [-0.15, -0.1) is 0 Å². The van der Waals surface area contributed by atoms with Crippen LogP contribution in [0, 0.1) is 0 Å². The van der Waals surface area contributed by atoms with Crippen molar-refractivity contribution in [3.05, 3.63) is 12.3 Å². The Kier molecular flexibility index (Phi) is 0.638. The van der Waals surface area contributed by atoms with E-state index in [1.165, 1.54) is 6.20 Å². The minimum atomic E-state index is -0.0324. The van der Waals surface area contributed by atoms with E-state index in [-0.39, 0.29) is 5.91 Å². The first kappa shape index (κ1) is 3.40. The van der Waals surface area contributed by atoms with Crippen LogP contribution in [0.1, 0.15) is 6.42 Å². The molecule has 0 aromatic carbocycles. The molecule has 0 aromatic heterocycles. The molecule has 0 saturated heterocycles. The van der Waals surface area contributed by atoms with Crippen LogP contribution in [0.25, 0.3) is 0 Å². The van der Waals surface area contributed by atoms with Crippen LogP contribution >= 0.6 is 0 Å². The molecular weight excluding hydrogens is 78.0 g/mol. The molecule has 0 fully saturated rings. The van der Waals surface area contributed by atoms with E-state index in [1.807, 2.05) is 0 Å². The van der Waals surface area contributed by atoms with Gasteiger partial charge in [0.05, 0.1) is 0 Å². The van der Waals surface area contributed by atoms with E-state index >= 15 is 0 Å². The van der Waals surface area contributed by atoms with Gasteiger partial charge < -0.3 is 0 Å². The summed E-state index contributed by atoms with van der Waals surface area (Å²) in [4.78, 5) is 10.0. The summed E-state index contributed by atoms with van der Waals surface area (Å²) in [6.45, 7) is 0. The largest absolute Gasteiger partial charge is 0.272 e. The molecule has 0 bridgehead atoms. The normalized spacial score (nSPS) is 18.3. The predicted molar refractivity (Wildman–Crippen MR) is 20.9 cm³/mol. The Balaban J connectivity index is 2.52. The van der Waals surface area contributed by atoms with E-state index in [1.54, 1.807) is 6.08 Å². The number of carbonyl (C=O) groups is 1. The lowest BCUT2D eigenvalue weighted by molar-refractivity contribution is -0.118. The van der Waals surface area contributed by atoms with Gasteiger partial charge in [0.1, 0.15) is 0 Å². The van der Waals surface area contributed by atoms with Crippen LogP contribution < -0.4 is 5.32 Å². The molecule has 1 aliphatic rings. The Hall–Kier alpha value is -0.790. The standard InChI is InChI=1S/C4H4NO/c6-4-2-1-3-5-4/h1,3H,2H2. The average Bonchev–Trinajstić information content (AvgIpc) is 1.86. The molecule has 1 rings (SSSR count). The van der Waals surface area contributed by atoms with Gasteiger partial charge in [-0.05, 0) is 0 Å². The van der Waals surface area contributed by atoms with Crippen molar-refractivity contribution in [2.45, 2.75) is 6.42 Å². The highest BCUT2D eigenvalue weighted by molar-refractivity contribution is 5.80. The quantitative estimate of drug-likeness (QED) is 0.405. The lowest BCUT2D eigenvalue weighted by atomic mass is 10.5. The monoisotopic (exact) mass is 82.0 g/mol. The van der Waals surface area contributed by atoms with Crippen molar-refractivity contribution in [3.63, 3.8) is 0 Å². The Morgan fingerprint density at radius 2 is 2.67 bits per heavy atom. The second kappa shape index (κ2) is 1.12. The van der Waals surface area contributed by atoms with Gasteiger partial charge in [-0.25, -0.2) is 5.32 Å². The van der Waals surface area contributed by atoms with Crippen molar-refractivity contribution in [2.24, 2.45) is 0 Å². The minimum Gasteiger partial charge on any atom is -0.272 e. The summed E-state index contributed by atoms with van der Waals surface area (Å²) in [7, 11) is 0. The van der Waals surface area contributed by atoms with Gasteiger partial charge in [-0.1, -0.05) is 6.08 Å². The fraction of sp³-hybridized carbons (Fsp3) is 0.250. The lowest BCUT2D eigenvalue weighted by Gasteiger charge is -1.74. The Labute approximate surface area is 35.9 Å². The van der Waals surface area contributed by atoms with E-state index in [2.05, 4.69) is 5.32 Å². The maximum absolute atomic E-state index is 10.0. The first-order chi connectivity index (χ1) is 2.89. The molecule has 0 atom stereocenters. The molecule has 0 unspecified atom stereocenters. The fourth-order valence-corrected chi connectivity index (χ4v) is 0.342. The molecule has 1 amide bonds. The van der Waals surface area contributed by atoms with Gasteiger partial charge in [-0.3, -0.25) is 4.79 Å². The number of carbonyl (C=O) groups excluding carboxylic acids is 1. The molecule has 0 N–H and O–H groups in total. The van der Waals surface area contributed by atoms with Crippen LogP contribution in [0.15, 0.2) is 12.3 Å². The topological polar surface area (TPSA) is 31.2 Å². The minimum absolute atomic E-state index is 0.0324. The fourth-order valence-electron chi connectivity index (χ4n) is 0.342. The smallest absolute Gasteiger partial charge is 0.249 e. The zero-order valence-corrected chi connectivity index (χ0v) is 3.22. The van der Waals surface area contributed by atoms with Crippen LogP contribution in [0.2, 0.25) is 0 Å². The molecule has 0 saturated carbocycles. The van der Waals surface area contributed by atoms with Crippen LogP contribution in [0.5, 0.6) is 0 Å². The molecule has 6 heavy (non-hydrogen) atoms. The summed E-state index contributed by atoms with van der Waals surface area (Å²) in [5, 5.41) is 3.42. The number of hydrogen-bond acceptors (Lipinski definition) is 1. The molecule has 0 aliphatic carbocycles. The first-order valence-electron chi connectivity index (χ1n) is 1.78. The van der Waals surface area contributed by atoms with Crippen molar-refractivity contribution in [1.29, 1.82) is 0 Å². The van der Waals surface area contributed by atoms with E-state index in [4.69, 9.17) is 0 Å². The lowest BCUT2D eigenvalue weighted by Crippen LogP contribution is -1.99. The van der Waals surface area contributed by atoms with E-state index in [0.29, 0.717) is 6.42 Å². The molecule has 2 heteroatoms. The summed E-state index contributed by atoms with van der Waals surface area (Å²) >= 11 is 0. The van der Waals surface area contributed by atoms with Crippen molar-refractivity contribution in [2.75, 3.05) is 0 Å². The summed E-state index contributed by atoms with van der Waals surface area (Å²) in [6, 6.07) is 0.